The van der Waals surface area contributed by atoms with Crippen LogP contribution in [0.1, 0.15) is 49.8 Å². The molecule has 4 atom stereocenters. The standard InChI is InChI=1S/C36H39F7N4O6/c1-35(2,3)53-34(50)47-16-24(51-17-23(47)18-52-33(49)45-19-36(41,42)43)11-12-25-26(38)8-5-9-29(25)46-32(48)31(44)30(20-6-4-7-22(37)14-20)21-10-13-27(39)28(40)15-21/h4-10,13-15,23-24,30-31H,11-12,16-19,44H2,1-3H3,(H,45,49)(H,46,48)/t23-,24+,30+,31-/m0/s1. The zero-order valence-electron chi connectivity index (χ0n) is 28.9. The van der Waals surface area contributed by atoms with E-state index in [0.29, 0.717) is 0 Å². The van der Waals surface area contributed by atoms with Crippen molar-refractivity contribution in [2.75, 3.05) is 31.6 Å². The normalized spacial score (nSPS) is 17.5. The average Bonchev–Trinajstić information content (AvgIpc) is 3.07. The van der Waals surface area contributed by atoms with E-state index in [9.17, 15) is 40.7 Å². The molecule has 10 nitrogen and oxygen atoms in total. The first-order valence-corrected chi connectivity index (χ1v) is 16.4. The Labute approximate surface area is 300 Å². The molecule has 1 aliphatic heterocycles. The Morgan fingerprint density at radius 3 is 2.30 bits per heavy atom. The summed E-state index contributed by atoms with van der Waals surface area (Å²) < 4.78 is 111. The lowest BCUT2D eigenvalue weighted by Crippen LogP contribution is -2.55. The van der Waals surface area contributed by atoms with Gasteiger partial charge in [0.25, 0.3) is 0 Å². The number of nitrogens with zero attached hydrogens (tertiary/aromatic N) is 1. The highest BCUT2D eigenvalue weighted by Gasteiger charge is 2.37. The lowest BCUT2D eigenvalue weighted by molar-refractivity contribution is -0.124. The van der Waals surface area contributed by atoms with Crippen molar-refractivity contribution in [1.29, 1.82) is 0 Å². The van der Waals surface area contributed by atoms with E-state index >= 15 is 4.39 Å². The molecule has 0 aliphatic carbocycles. The van der Waals surface area contributed by atoms with E-state index in [2.05, 4.69) is 5.32 Å². The number of rotatable bonds is 11. The van der Waals surface area contributed by atoms with E-state index < -0.39 is 90.4 Å². The van der Waals surface area contributed by atoms with Crippen LogP contribution >= 0.6 is 0 Å². The van der Waals surface area contributed by atoms with E-state index in [-0.39, 0.29) is 48.4 Å². The molecule has 1 fully saturated rings. The predicted molar refractivity (Wildman–Crippen MR) is 178 cm³/mol. The first kappa shape index (κ1) is 40.9. The smallest absolute Gasteiger partial charge is 0.410 e. The van der Waals surface area contributed by atoms with Crippen LogP contribution in [0.3, 0.4) is 0 Å². The topological polar surface area (TPSA) is 132 Å². The van der Waals surface area contributed by atoms with Gasteiger partial charge in [-0.1, -0.05) is 24.3 Å². The molecule has 0 radical (unpaired) electrons. The summed E-state index contributed by atoms with van der Waals surface area (Å²) in [5.41, 5.74) is 5.81. The van der Waals surface area contributed by atoms with E-state index in [1.807, 2.05) is 0 Å². The molecule has 1 heterocycles. The Bertz CT molecular complexity index is 1770. The van der Waals surface area contributed by atoms with Gasteiger partial charge in [-0.15, -0.1) is 0 Å². The summed E-state index contributed by atoms with van der Waals surface area (Å²) in [5.74, 6) is -5.68. The molecule has 4 N–H and O–H groups in total. The number of carbonyl (C=O) groups excluding carboxylic acids is 3. The molecule has 1 aliphatic rings. The number of morpholine rings is 1. The highest BCUT2D eigenvalue weighted by Crippen LogP contribution is 2.31. The molecule has 17 heteroatoms. The van der Waals surface area contributed by atoms with Crippen molar-refractivity contribution in [3.63, 3.8) is 0 Å². The monoisotopic (exact) mass is 756 g/mol. The highest BCUT2D eigenvalue weighted by molar-refractivity contribution is 5.96. The van der Waals surface area contributed by atoms with Gasteiger partial charge < -0.3 is 30.6 Å². The molecule has 53 heavy (non-hydrogen) atoms. The minimum Gasteiger partial charge on any atom is -0.447 e. The Kier molecular flexibility index (Phi) is 13.3. The summed E-state index contributed by atoms with van der Waals surface area (Å²) >= 11 is 0. The zero-order chi connectivity index (χ0) is 39.1. The Morgan fingerprint density at radius 2 is 1.64 bits per heavy atom. The molecule has 0 spiro atoms. The van der Waals surface area contributed by atoms with Crippen molar-refractivity contribution in [2.24, 2.45) is 5.73 Å². The molecular weight excluding hydrogens is 717 g/mol. The van der Waals surface area contributed by atoms with Crippen LogP contribution in [0.2, 0.25) is 0 Å². The maximum absolute atomic E-state index is 15.3. The van der Waals surface area contributed by atoms with Crippen LogP contribution in [-0.2, 0) is 25.4 Å². The molecule has 3 amide bonds. The molecular formula is C36H39F7N4O6. The molecule has 0 unspecified atom stereocenters. The minimum absolute atomic E-state index is 0.0321. The number of nitrogens with one attached hydrogen (secondary N) is 2. The molecule has 0 saturated carbocycles. The first-order valence-electron chi connectivity index (χ1n) is 16.4. The summed E-state index contributed by atoms with van der Waals surface area (Å²) in [6.45, 7) is 2.40. The Balaban J connectivity index is 1.48. The van der Waals surface area contributed by atoms with Crippen LogP contribution < -0.4 is 16.4 Å². The van der Waals surface area contributed by atoms with Crippen LogP contribution in [0.15, 0.2) is 60.7 Å². The van der Waals surface area contributed by atoms with Gasteiger partial charge in [0.05, 0.1) is 31.3 Å². The van der Waals surface area contributed by atoms with E-state index in [1.54, 1.807) is 26.1 Å². The van der Waals surface area contributed by atoms with Gasteiger partial charge in [0.2, 0.25) is 5.91 Å². The zero-order valence-corrected chi connectivity index (χ0v) is 28.9. The predicted octanol–water partition coefficient (Wildman–Crippen LogP) is 6.57. The number of hydrogen-bond donors (Lipinski definition) is 3. The average molecular weight is 757 g/mol. The number of nitrogens with two attached hydrogens (primary N) is 1. The first-order chi connectivity index (χ1) is 24.8. The third kappa shape index (κ3) is 11.8. The fourth-order valence-corrected chi connectivity index (χ4v) is 5.63. The van der Waals surface area contributed by atoms with Crippen LogP contribution in [0, 0.1) is 23.3 Å². The van der Waals surface area contributed by atoms with Crippen LogP contribution in [0.4, 0.5) is 46.0 Å². The van der Waals surface area contributed by atoms with Gasteiger partial charge >= 0.3 is 18.4 Å². The maximum atomic E-state index is 15.3. The number of amides is 3. The van der Waals surface area contributed by atoms with Gasteiger partial charge in [0.15, 0.2) is 11.6 Å². The number of hydrogen-bond acceptors (Lipinski definition) is 7. The molecule has 288 valence electrons. The molecule has 3 aromatic carbocycles. The third-order valence-corrected chi connectivity index (χ3v) is 8.10. The number of halogens is 7. The largest absolute Gasteiger partial charge is 0.447 e. The van der Waals surface area contributed by atoms with Crippen LogP contribution in [-0.4, -0.2) is 79.3 Å². The second-order valence-corrected chi connectivity index (χ2v) is 13.3. The lowest BCUT2D eigenvalue weighted by Gasteiger charge is -2.39. The summed E-state index contributed by atoms with van der Waals surface area (Å²) in [4.78, 5) is 39.7. The summed E-state index contributed by atoms with van der Waals surface area (Å²) in [6.07, 6.45) is -7.50. The van der Waals surface area contributed by atoms with E-state index in [0.717, 1.165) is 30.3 Å². The van der Waals surface area contributed by atoms with Crippen molar-refractivity contribution in [2.45, 2.75) is 69.5 Å². The number of benzene rings is 3. The van der Waals surface area contributed by atoms with Gasteiger partial charge in [-0.3, -0.25) is 9.69 Å². The highest BCUT2D eigenvalue weighted by atomic mass is 19.4. The fourth-order valence-electron chi connectivity index (χ4n) is 5.63. The van der Waals surface area contributed by atoms with Crippen molar-refractivity contribution in [3.8, 4) is 0 Å². The van der Waals surface area contributed by atoms with Crippen LogP contribution in [0.25, 0.3) is 0 Å². The molecule has 1 saturated heterocycles. The molecule has 0 bridgehead atoms. The second kappa shape index (κ2) is 17.3. The fraction of sp³-hybridized carbons (Fsp3) is 0.417. The maximum Gasteiger partial charge on any atom is 0.410 e. The second-order valence-electron chi connectivity index (χ2n) is 13.3. The SMILES string of the molecule is CC(C)(C)OC(=O)N1C[C@@H](CCc2c(F)cccc2NC(=O)[C@@H](N)[C@H](c2cccc(F)c2)c2ccc(F)c(F)c2)OC[C@H]1COC(=O)NCC(F)(F)F. The summed E-state index contributed by atoms with van der Waals surface area (Å²) in [7, 11) is 0. The quantitative estimate of drug-likeness (QED) is 0.189. The summed E-state index contributed by atoms with van der Waals surface area (Å²) in [6, 6.07) is 9.55. The number of carbonyl (C=O) groups is 3. The number of alkyl carbamates (subject to hydrolysis) is 1. The number of ether oxygens (including phenoxy) is 3. The minimum atomic E-state index is -4.66. The van der Waals surface area contributed by atoms with Gasteiger partial charge in [-0.25, -0.2) is 27.2 Å². The molecule has 3 aromatic rings. The summed E-state index contributed by atoms with van der Waals surface area (Å²) in [5, 5.41) is 4.16. The number of alkyl halides is 3. The van der Waals surface area contributed by atoms with E-state index in [4.69, 9.17) is 19.9 Å². The Morgan fingerprint density at radius 1 is 0.943 bits per heavy atom. The van der Waals surface area contributed by atoms with Crippen molar-refractivity contribution in [1.82, 2.24) is 10.2 Å². The van der Waals surface area contributed by atoms with Gasteiger partial charge in [0.1, 0.15) is 30.4 Å². The van der Waals surface area contributed by atoms with Crippen molar-refractivity contribution < 1.29 is 59.3 Å². The van der Waals surface area contributed by atoms with Gasteiger partial charge in [-0.2, -0.15) is 13.2 Å². The van der Waals surface area contributed by atoms with Crippen molar-refractivity contribution in [3.05, 3.63) is 101 Å². The lowest BCUT2D eigenvalue weighted by atomic mass is 9.84. The van der Waals surface area contributed by atoms with Crippen LogP contribution in [0.5, 0.6) is 0 Å². The third-order valence-electron chi connectivity index (χ3n) is 8.10. The van der Waals surface area contributed by atoms with Crippen molar-refractivity contribution >= 4 is 23.8 Å². The van der Waals surface area contributed by atoms with Gasteiger partial charge in [-0.05, 0) is 81.1 Å². The van der Waals surface area contributed by atoms with E-state index in [1.165, 1.54) is 35.2 Å². The van der Waals surface area contributed by atoms with Gasteiger partial charge in [0, 0.05) is 17.2 Å². The number of anilines is 1. The molecule has 4 rings (SSSR count). The molecule has 0 aromatic heterocycles. The Hall–Kier alpha value is -4.90.